The normalized spacial score (nSPS) is 17.9. The number of amides is 1. The van der Waals surface area contributed by atoms with Crippen LogP contribution < -0.4 is 14.8 Å². The van der Waals surface area contributed by atoms with E-state index in [1.165, 1.54) is 14.2 Å². The van der Waals surface area contributed by atoms with Gasteiger partial charge in [0, 0.05) is 35.8 Å². The molecule has 2 atom stereocenters. The van der Waals surface area contributed by atoms with Gasteiger partial charge < -0.3 is 24.8 Å². The van der Waals surface area contributed by atoms with Crippen molar-refractivity contribution in [2.24, 2.45) is 0 Å². The predicted molar refractivity (Wildman–Crippen MR) is 125 cm³/mol. The standard InChI is InChI=1S/C22H21Cl2FN4O4/c1-32-16-7-17(33-2)20(24)18(19(16)23)11-3-4-15-12(5-11)9-26-21(28-15)27-13-6-14(8-25)29(10-13)22(30)31/h3-5,7,9,13-14H,6,8,10H2,1-2H3,(H,30,31)(H,26,27,28)/t13-,14-/m0/s1. The van der Waals surface area contributed by atoms with Crippen molar-refractivity contribution in [3.8, 4) is 22.6 Å². The predicted octanol–water partition coefficient (Wildman–Crippen LogP) is 5.12. The van der Waals surface area contributed by atoms with Crippen LogP contribution in [0.2, 0.25) is 10.0 Å². The lowest BCUT2D eigenvalue weighted by atomic mass is 10.0. The van der Waals surface area contributed by atoms with E-state index in [0.717, 1.165) is 15.8 Å². The Morgan fingerprint density at radius 3 is 2.52 bits per heavy atom. The number of carbonyl (C=O) groups is 1. The van der Waals surface area contributed by atoms with Crippen molar-refractivity contribution in [3.63, 3.8) is 0 Å². The summed E-state index contributed by atoms with van der Waals surface area (Å²) in [6.07, 6.45) is 0.849. The van der Waals surface area contributed by atoms with Gasteiger partial charge in [0.2, 0.25) is 5.95 Å². The second-order valence-electron chi connectivity index (χ2n) is 7.57. The molecule has 33 heavy (non-hydrogen) atoms. The van der Waals surface area contributed by atoms with Crippen LogP contribution in [0.25, 0.3) is 22.0 Å². The van der Waals surface area contributed by atoms with Crippen LogP contribution in [-0.4, -0.2) is 65.6 Å². The monoisotopic (exact) mass is 494 g/mol. The van der Waals surface area contributed by atoms with Gasteiger partial charge in [-0.3, -0.25) is 0 Å². The number of ether oxygens (including phenoxy) is 2. The maximum Gasteiger partial charge on any atom is 0.407 e. The van der Waals surface area contributed by atoms with E-state index in [0.29, 0.717) is 45.0 Å². The molecule has 1 aliphatic heterocycles. The lowest BCUT2D eigenvalue weighted by Gasteiger charge is -2.17. The molecule has 1 saturated heterocycles. The quantitative estimate of drug-likeness (QED) is 0.490. The average molecular weight is 495 g/mol. The summed E-state index contributed by atoms with van der Waals surface area (Å²) >= 11 is 13.1. The van der Waals surface area contributed by atoms with E-state index < -0.39 is 18.8 Å². The molecule has 8 nitrogen and oxygen atoms in total. The first kappa shape index (κ1) is 23.1. The summed E-state index contributed by atoms with van der Waals surface area (Å²) in [5.41, 5.74) is 1.96. The number of aromatic nitrogens is 2. The lowest BCUT2D eigenvalue weighted by molar-refractivity contribution is 0.133. The van der Waals surface area contributed by atoms with Gasteiger partial charge in [0.05, 0.1) is 35.8 Å². The molecule has 1 aliphatic rings. The summed E-state index contributed by atoms with van der Waals surface area (Å²) in [5, 5.41) is 13.8. The van der Waals surface area contributed by atoms with E-state index in [2.05, 4.69) is 15.3 Å². The Labute approximate surface area is 199 Å². The van der Waals surface area contributed by atoms with E-state index in [1.807, 2.05) is 12.1 Å². The number of alkyl halides is 1. The third-order valence-electron chi connectivity index (χ3n) is 5.61. The summed E-state index contributed by atoms with van der Waals surface area (Å²) in [7, 11) is 3.02. The van der Waals surface area contributed by atoms with Gasteiger partial charge in [-0.2, -0.15) is 0 Å². The zero-order valence-electron chi connectivity index (χ0n) is 17.8. The molecule has 0 unspecified atom stereocenters. The molecule has 0 spiro atoms. The number of nitrogens with one attached hydrogen (secondary N) is 1. The van der Waals surface area contributed by atoms with Crippen LogP contribution in [-0.2, 0) is 0 Å². The minimum absolute atomic E-state index is 0.166. The highest BCUT2D eigenvalue weighted by Gasteiger charge is 2.35. The summed E-state index contributed by atoms with van der Waals surface area (Å²) in [6.45, 7) is -0.565. The molecule has 2 heterocycles. The fraction of sp³-hybridized carbons (Fsp3) is 0.318. The van der Waals surface area contributed by atoms with E-state index in [1.54, 1.807) is 18.3 Å². The van der Waals surface area contributed by atoms with Gasteiger partial charge in [-0.1, -0.05) is 29.3 Å². The van der Waals surface area contributed by atoms with E-state index in [-0.39, 0.29) is 12.6 Å². The molecule has 11 heteroatoms. The highest BCUT2D eigenvalue weighted by molar-refractivity contribution is 6.41. The van der Waals surface area contributed by atoms with Crippen molar-refractivity contribution in [1.82, 2.24) is 14.9 Å². The molecule has 1 fully saturated rings. The zero-order chi connectivity index (χ0) is 23.7. The first-order chi connectivity index (χ1) is 15.9. The Balaban J connectivity index is 1.63. The van der Waals surface area contributed by atoms with Gasteiger partial charge in [0.25, 0.3) is 0 Å². The summed E-state index contributed by atoms with van der Waals surface area (Å²) in [5.74, 6) is 1.20. The van der Waals surface area contributed by atoms with Crippen molar-refractivity contribution in [2.75, 3.05) is 32.8 Å². The number of methoxy groups -OCH3 is 2. The van der Waals surface area contributed by atoms with Crippen LogP contribution in [0.3, 0.4) is 0 Å². The molecule has 0 aliphatic carbocycles. The Morgan fingerprint density at radius 1 is 1.24 bits per heavy atom. The summed E-state index contributed by atoms with van der Waals surface area (Å²) in [4.78, 5) is 21.2. The molecule has 2 aromatic carbocycles. The first-order valence-electron chi connectivity index (χ1n) is 10.1. The van der Waals surface area contributed by atoms with Crippen LogP contribution in [0.5, 0.6) is 11.5 Å². The number of halogens is 3. The van der Waals surface area contributed by atoms with Crippen molar-refractivity contribution in [1.29, 1.82) is 0 Å². The van der Waals surface area contributed by atoms with Gasteiger partial charge >= 0.3 is 6.09 Å². The van der Waals surface area contributed by atoms with E-state index >= 15 is 0 Å². The fourth-order valence-corrected chi connectivity index (χ4v) is 4.70. The number of anilines is 1. The number of likely N-dealkylation sites (tertiary alicyclic amines) is 1. The minimum Gasteiger partial charge on any atom is -0.495 e. The van der Waals surface area contributed by atoms with Crippen LogP contribution in [0.4, 0.5) is 15.1 Å². The highest BCUT2D eigenvalue weighted by Crippen LogP contribution is 2.46. The van der Waals surface area contributed by atoms with Crippen molar-refractivity contribution in [3.05, 3.63) is 40.5 Å². The molecule has 1 aromatic heterocycles. The topological polar surface area (TPSA) is 96.8 Å². The number of hydrogen-bond acceptors (Lipinski definition) is 6. The lowest BCUT2D eigenvalue weighted by Crippen LogP contribution is -2.36. The van der Waals surface area contributed by atoms with Gasteiger partial charge in [-0.25, -0.2) is 19.2 Å². The van der Waals surface area contributed by atoms with Crippen molar-refractivity contribution < 1.29 is 23.8 Å². The fourth-order valence-electron chi connectivity index (χ4n) is 3.98. The van der Waals surface area contributed by atoms with Crippen LogP contribution in [0.15, 0.2) is 30.5 Å². The molecule has 0 radical (unpaired) electrons. The van der Waals surface area contributed by atoms with Crippen LogP contribution in [0.1, 0.15) is 6.42 Å². The van der Waals surface area contributed by atoms with Crippen LogP contribution in [0, 0.1) is 0 Å². The minimum atomic E-state index is -1.14. The van der Waals surface area contributed by atoms with E-state index in [9.17, 15) is 14.3 Å². The summed E-state index contributed by atoms with van der Waals surface area (Å²) < 4.78 is 23.8. The molecule has 3 aromatic rings. The molecule has 1 amide bonds. The smallest absolute Gasteiger partial charge is 0.407 e. The van der Waals surface area contributed by atoms with Gasteiger partial charge in [-0.05, 0) is 24.1 Å². The molecule has 0 bridgehead atoms. The Hall–Kier alpha value is -3.04. The number of nitrogens with zero attached hydrogens (tertiary/aromatic N) is 3. The average Bonchev–Trinajstić information content (AvgIpc) is 3.22. The Kier molecular flexibility index (Phi) is 6.62. The maximum atomic E-state index is 13.2. The number of fused-ring (bicyclic) bond motifs is 1. The SMILES string of the molecule is COc1cc(OC)c(Cl)c(-c2ccc3nc(N[C@H]4C[C@@H](CF)N(C(=O)O)C4)ncc3c2)c1Cl. The van der Waals surface area contributed by atoms with Gasteiger partial charge in [0.15, 0.2) is 0 Å². The van der Waals surface area contributed by atoms with Gasteiger partial charge in [-0.15, -0.1) is 0 Å². The zero-order valence-corrected chi connectivity index (χ0v) is 19.3. The van der Waals surface area contributed by atoms with Gasteiger partial charge in [0.1, 0.15) is 18.2 Å². The molecular weight excluding hydrogens is 474 g/mol. The number of rotatable bonds is 6. The molecule has 4 rings (SSSR count). The summed E-state index contributed by atoms with van der Waals surface area (Å²) in [6, 6.07) is 6.16. The molecule has 2 N–H and O–H groups in total. The first-order valence-corrected chi connectivity index (χ1v) is 10.8. The van der Waals surface area contributed by atoms with Crippen LogP contribution >= 0.6 is 23.2 Å². The molecular formula is C22H21Cl2FN4O4. The third kappa shape index (κ3) is 4.43. The second kappa shape index (κ2) is 9.44. The number of benzene rings is 2. The number of carboxylic acid groups (broad SMARTS) is 1. The number of hydrogen-bond donors (Lipinski definition) is 2. The van der Waals surface area contributed by atoms with Crippen molar-refractivity contribution in [2.45, 2.75) is 18.5 Å². The van der Waals surface area contributed by atoms with E-state index in [4.69, 9.17) is 32.7 Å². The second-order valence-corrected chi connectivity index (χ2v) is 8.33. The Morgan fingerprint density at radius 2 is 1.94 bits per heavy atom. The maximum absolute atomic E-state index is 13.2. The molecule has 174 valence electrons. The third-order valence-corrected chi connectivity index (χ3v) is 6.36. The highest BCUT2D eigenvalue weighted by atomic mass is 35.5. The molecule has 0 saturated carbocycles. The van der Waals surface area contributed by atoms with Crippen molar-refractivity contribution >= 4 is 46.1 Å². The largest absolute Gasteiger partial charge is 0.495 e. The Bertz CT molecular complexity index is 1180.